The Balaban J connectivity index is 2.61. The summed E-state index contributed by atoms with van der Waals surface area (Å²) in [5.74, 6) is 0.319. The van der Waals surface area contributed by atoms with Crippen molar-refractivity contribution in [3.8, 4) is 0 Å². The summed E-state index contributed by atoms with van der Waals surface area (Å²) in [6.07, 6.45) is 0. The van der Waals surface area contributed by atoms with Crippen LogP contribution in [0.25, 0.3) is 0 Å². The van der Waals surface area contributed by atoms with E-state index in [4.69, 9.17) is 0 Å². The molecule has 0 bridgehead atoms. The van der Waals surface area contributed by atoms with Gasteiger partial charge in [-0.05, 0) is 41.5 Å². The van der Waals surface area contributed by atoms with Crippen LogP contribution in [0.1, 0.15) is 41.5 Å². The summed E-state index contributed by atoms with van der Waals surface area (Å²) in [5, 5.41) is 0. The number of rotatable bonds is 5. The minimum absolute atomic E-state index is 0.100. The van der Waals surface area contributed by atoms with Gasteiger partial charge in [-0.15, -0.1) is 0 Å². The van der Waals surface area contributed by atoms with Crippen LogP contribution in [0.5, 0.6) is 0 Å². The van der Waals surface area contributed by atoms with Gasteiger partial charge in [0.15, 0.2) is 6.04 Å². The molecule has 2 N–H and O–H groups in total. The molecule has 1 rings (SSSR count). The zero-order valence-corrected chi connectivity index (χ0v) is 13.6. The summed E-state index contributed by atoms with van der Waals surface area (Å²) in [5.41, 5.74) is 0. The Morgan fingerprint density at radius 1 is 1.00 bits per heavy atom. The van der Waals surface area contributed by atoms with E-state index in [1.165, 1.54) is 24.5 Å². The fourth-order valence-electron chi connectivity index (χ4n) is 3.21. The van der Waals surface area contributed by atoms with Gasteiger partial charge in [-0.1, -0.05) is 0 Å². The molecule has 0 aromatic carbocycles. The molecule has 1 atom stereocenters. The monoisotopic (exact) mass is 271 g/mol. The molecular formula is C15H33N3O+2. The van der Waals surface area contributed by atoms with Crippen molar-refractivity contribution >= 4 is 5.91 Å². The quantitative estimate of drug-likeness (QED) is 0.648. The summed E-state index contributed by atoms with van der Waals surface area (Å²) in [4.78, 5) is 17.9. The van der Waals surface area contributed by atoms with Gasteiger partial charge in [0.25, 0.3) is 5.91 Å². The topological polar surface area (TPSA) is 29.2 Å². The third-order valence-electron chi connectivity index (χ3n) is 4.45. The van der Waals surface area contributed by atoms with Gasteiger partial charge >= 0.3 is 0 Å². The van der Waals surface area contributed by atoms with Crippen molar-refractivity contribution in [3.63, 3.8) is 0 Å². The second-order valence-corrected chi connectivity index (χ2v) is 6.42. The van der Waals surface area contributed by atoms with Crippen LogP contribution < -0.4 is 9.80 Å². The van der Waals surface area contributed by atoms with Crippen molar-refractivity contribution < 1.29 is 14.6 Å². The third-order valence-corrected chi connectivity index (χ3v) is 4.45. The molecule has 4 nitrogen and oxygen atoms in total. The van der Waals surface area contributed by atoms with Gasteiger partial charge in [0, 0.05) is 12.1 Å². The number of nitrogens with zero attached hydrogens (tertiary/aromatic N) is 1. The molecule has 0 radical (unpaired) electrons. The molecule has 0 spiro atoms. The van der Waals surface area contributed by atoms with Gasteiger partial charge in [0.05, 0.1) is 6.54 Å². The molecule has 1 fully saturated rings. The van der Waals surface area contributed by atoms with Gasteiger partial charge in [0.2, 0.25) is 0 Å². The fourth-order valence-corrected chi connectivity index (χ4v) is 3.21. The molecule has 0 aromatic rings. The Hall–Kier alpha value is -0.610. The number of likely N-dealkylation sites (N-methyl/N-ethyl adjacent to an activating group) is 1. The van der Waals surface area contributed by atoms with Crippen LogP contribution in [0, 0.1) is 0 Å². The summed E-state index contributed by atoms with van der Waals surface area (Å²) < 4.78 is 0. The normalized spacial score (nSPS) is 25.7. The summed E-state index contributed by atoms with van der Waals surface area (Å²) >= 11 is 0. The molecule has 0 aromatic heterocycles. The second kappa shape index (κ2) is 7.25. The molecule has 0 saturated carbocycles. The highest BCUT2D eigenvalue weighted by atomic mass is 16.2. The highest BCUT2D eigenvalue weighted by Crippen LogP contribution is 2.06. The van der Waals surface area contributed by atoms with E-state index in [-0.39, 0.29) is 18.1 Å². The first-order chi connectivity index (χ1) is 8.88. The lowest BCUT2D eigenvalue weighted by molar-refractivity contribution is -1.02. The van der Waals surface area contributed by atoms with E-state index >= 15 is 0 Å². The van der Waals surface area contributed by atoms with E-state index in [0.717, 1.165) is 13.1 Å². The predicted octanol–water partition coefficient (Wildman–Crippen LogP) is -1.18. The van der Waals surface area contributed by atoms with Crippen molar-refractivity contribution in [1.82, 2.24) is 4.90 Å². The van der Waals surface area contributed by atoms with Gasteiger partial charge in [-0.25, -0.2) is 0 Å². The van der Waals surface area contributed by atoms with E-state index in [1.807, 2.05) is 4.90 Å². The van der Waals surface area contributed by atoms with Gasteiger partial charge < -0.3 is 14.7 Å². The summed E-state index contributed by atoms with van der Waals surface area (Å²) in [7, 11) is 0. The zero-order valence-electron chi connectivity index (χ0n) is 13.6. The van der Waals surface area contributed by atoms with Gasteiger partial charge in [0.1, 0.15) is 26.2 Å². The largest absolute Gasteiger partial charge is 0.333 e. The third kappa shape index (κ3) is 4.18. The minimum Gasteiger partial charge on any atom is -0.333 e. The van der Waals surface area contributed by atoms with Crippen molar-refractivity contribution in [3.05, 3.63) is 0 Å². The van der Waals surface area contributed by atoms with Gasteiger partial charge in [-0.3, -0.25) is 4.79 Å². The van der Waals surface area contributed by atoms with Crippen LogP contribution >= 0.6 is 0 Å². The number of hydrogen-bond donors (Lipinski definition) is 2. The maximum atomic E-state index is 12.7. The number of carbonyl (C=O) groups excluding carboxylic acids is 1. The summed E-state index contributed by atoms with van der Waals surface area (Å²) in [6.45, 7) is 18.6. The Labute approximate surface area is 118 Å². The number of quaternary nitrogens is 2. The van der Waals surface area contributed by atoms with E-state index in [1.54, 1.807) is 4.90 Å². The minimum atomic E-state index is 0.100. The lowest BCUT2D eigenvalue weighted by atomic mass is 10.1. The standard InChI is InChI=1S/C15H31N3O/c1-7-16-8-10-17(11-9-16)14(6)15(19)18(12(2)3)13(4)5/h12-14H,7-11H2,1-6H3/p+2/t14-/m1/s1. The molecule has 1 aliphatic heterocycles. The highest BCUT2D eigenvalue weighted by molar-refractivity contribution is 5.80. The van der Waals surface area contributed by atoms with Crippen LogP contribution in [0.3, 0.4) is 0 Å². The van der Waals surface area contributed by atoms with Crippen LogP contribution in [0.4, 0.5) is 0 Å². The van der Waals surface area contributed by atoms with E-state index in [9.17, 15) is 4.79 Å². The van der Waals surface area contributed by atoms with Crippen molar-refractivity contribution in [1.29, 1.82) is 0 Å². The SMILES string of the molecule is CC[NH+]1CC[NH+]([C@H](C)C(=O)N(C(C)C)C(C)C)CC1. The number of hydrogen-bond acceptors (Lipinski definition) is 1. The molecule has 1 heterocycles. The highest BCUT2D eigenvalue weighted by Gasteiger charge is 2.34. The number of carbonyl (C=O) groups is 1. The zero-order chi connectivity index (χ0) is 14.6. The first kappa shape index (κ1) is 16.4. The first-order valence-electron chi connectivity index (χ1n) is 7.88. The molecule has 112 valence electrons. The molecule has 4 heteroatoms. The van der Waals surface area contributed by atoms with Crippen LogP contribution in [0.15, 0.2) is 0 Å². The molecule has 1 amide bonds. The molecule has 0 unspecified atom stereocenters. The molecule has 1 aliphatic rings. The lowest BCUT2D eigenvalue weighted by Crippen LogP contribution is -3.30. The van der Waals surface area contributed by atoms with Gasteiger partial charge in [-0.2, -0.15) is 0 Å². The maximum absolute atomic E-state index is 12.7. The molecule has 19 heavy (non-hydrogen) atoms. The first-order valence-corrected chi connectivity index (χ1v) is 7.88. The van der Waals surface area contributed by atoms with Crippen molar-refractivity contribution in [2.24, 2.45) is 0 Å². The average molecular weight is 271 g/mol. The maximum Gasteiger partial charge on any atom is 0.281 e. The predicted molar refractivity (Wildman–Crippen MR) is 78.5 cm³/mol. The molecular weight excluding hydrogens is 238 g/mol. The molecule has 0 aliphatic carbocycles. The van der Waals surface area contributed by atoms with Crippen LogP contribution in [-0.4, -0.2) is 61.7 Å². The fraction of sp³-hybridized carbons (Fsp3) is 0.933. The smallest absolute Gasteiger partial charge is 0.281 e. The van der Waals surface area contributed by atoms with E-state index < -0.39 is 0 Å². The number of piperazine rings is 1. The Morgan fingerprint density at radius 3 is 1.84 bits per heavy atom. The Morgan fingerprint density at radius 2 is 1.47 bits per heavy atom. The van der Waals surface area contributed by atoms with Crippen molar-refractivity contribution in [2.75, 3.05) is 32.7 Å². The Bertz CT molecular complexity index is 275. The number of amides is 1. The number of nitrogens with one attached hydrogen (secondary N) is 2. The Kier molecular flexibility index (Phi) is 6.27. The second-order valence-electron chi connectivity index (χ2n) is 6.42. The summed E-state index contributed by atoms with van der Waals surface area (Å²) in [6, 6.07) is 0.678. The van der Waals surface area contributed by atoms with Crippen LogP contribution in [0.2, 0.25) is 0 Å². The lowest BCUT2D eigenvalue weighted by Gasteiger charge is -2.37. The molecule has 1 saturated heterocycles. The van der Waals surface area contributed by atoms with Crippen LogP contribution in [-0.2, 0) is 4.79 Å². The average Bonchev–Trinajstić information content (AvgIpc) is 2.37. The van der Waals surface area contributed by atoms with E-state index in [0.29, 0.717) is 5.91 Å². The van der Waals surface area contributed by atoms with E-state index in [2.05, 4.69) is 41.5 Å². The van der Waals surface area contributed by atoms with Crippen molar-refractivity contribution in [2.45, 2.75) is 59.7 Å².